The summed E-state index contributed by atoms with van der Waals surface area (Å²) in [5.41, 5.74) is 3.74. The van der Waals surface area contributed by atoms with E-state index in [9.17, 15) is 4.79 Å². The van der Waals surface area contributed by atoms with Crippen LogP contribution in [0.1, 0.15) is 30.4 Å². The van der Waals surface area contributed by atoms with E-state index in [1.807, 2.05) is 4.90 Å². The average molecular weight is 244 g/mol. The second-order valence-electron chi connectivity index (χ2n) is 5.37. The molecule has 0 saturated carbocycles. The second kappa shape index (κ2) is 4.73. The van der Waals surface area contributed by atoms with E-state index in [2.05, 4.69) is 30.4 Å². The van der Waals surface area contributed by atoms with Crippen LogP contribution in [0.4, 0.5) is 5.69 Å². The summed E-state index contributed by atoms with van der Waals surface area (Å²) in [6, 6.07) is 6.47. The van der Waals surface area contributed by atoms with Gasteiger partial charge in [-0.15, -0.1) is 0 Å². The summed E-state index contributed by atoms with van der Waals surface area (Å²) in [7, 11) is 0. The first-order valence-corrected chi connectivity index (χ1v) is 6.90. The van der Waals surface area contributed by atoms with Gasteiger partial charge in [-0.25, -0.2) is 0 Å². The van der Waals surface area contributed by atoms with Gasteiger partial charge in [0.1, 0.15) is 0 Å². The minimum absolute atomic E-state index is 0.0391. The van der Waals surface area contributed by atoms with Gasteiger partial charge in [-0.05, 0) is 50.8 Å². The minimum Gasteiger partial charge on any atom is -0.311 e. The van der Waals surface area contributed by atoms with Gasteiger partial charge < -0.3 is 10.2 Å². The van der Waals surface area contributed by atoms with Crippen molar-refractivity contribution in [1.82, 2.24) is 5.32 Å². The number of carbonyl (C=O) groups excluding carboxylic acids is 1. The Labute approximate surface area is 108 Å². The fourth-order valence-corrected chi connectivity index (χ4v) is 3.04. The van der Waals surface area contributed by atoms with Crippen molar-refractivity contribution in [1.29, 1.82) is 0 Å². The molecule has 96 valence electrons. The Morgan fingerprint density at radius 1 is 1.39 bits per heavy atom. The number of fused-ring (bicyclic) bond motifs is 1. The van der Waals surface area contributed by atoms with Crippen molar-refractivity contribution in [2.24, 2.45) is 0 Å². The highest BCUT2D eigenvalue weighted by molar-refractivity contribution is 5.98. The Kier molecular flexibility index (Phi) is 3.08. The Hall–Kier alpha value is -1.35. The van der Waals surface area contributed by atoms with E-state index in [1.54, 1.807) is 0 Å². The van der Waals surface area contributed by atoms with Crippen LogP contribution in [0.5, 0.6) is 0 Å². The maximum absolute atomic E-state index is 12.5. The molecule has 1 saturated heterocycles. The maximum atomic E-state index is 12.5. The molecule has 1 aromatic rings. The van der Waals surface area contributed by atoms with Crippen molar-refractivity contribution >= 4 is 11.6 Å². The van der Waals surface area contributed by atoms with Crippen molar-refractivity contribution in [2.45, 2.75) is 38.6 Å². The number of anilines is 1. The van der Waals surface area contributed by atoms with E-state index in [1.165, 1.54) is 11.1 Å². The molecule has 0 spiro atoms. The Morgan fingerprint density at radius 2 is 2.28 bits per heavy atom. The summed E-state index contributed by atoms with van der Waals surface area (Å²) in [5, 5.41) is 3.30. The molecule has 3 nitrogen and oxygen atoms in total. The molecule has 0 aliphatic carbocycles. The van der Waals surface area contributed by atoms with Gasteiger partial charge in [0.05, 0.1) is 6.04 Å². The molecule has 1 atom stereocenters. The van der Waals surface area contributed by atoms with Crippen molar-refractivity contribution in [3.8, 4) is 0 Å². The number of hydrogen-bond donors (Lipinski definition) is 1. The zero-order chi connectivity index (χ0) is 12.5. The lowest BCUT2D eigenvalue weighted by molar-refractivity contribution is -0.120. The molecule has 2 heterocycles. The van der Waals surface area contributed by atoms with Crippen LogP contribution in [0.15, 0.2) is 18.2 Å². The summed E-state index contributed by atoms with van der Waals surface area (Å²) in [6.07, 6.45) is 4.27. The SMILES string of the molecule is Cc1ccc2c(c1)CCCN2C(=O)[C@H]1CCCN1. The zero-order valence-corrected chi connectivity index (χ0v) is 10.9. The molecular weight excluding hydrogens is 224 g/mol. The topological polar surface area (TPSA) is 32.3 Å². The summed E-state index contributed by atoms with van der Waals surface area (Å²) in [5.74, 6) is 0.261. The van der Waals surface area contributed by atoms with E-state index >= 15 is 0 Å². The molecule has 2 aliphatic heterocycles. The third-order valence-electron chi connectivity index (χ3n) is 3.98. The van der Waals surface area contributed by atoms with Gasteiger partial charge in [-0.2, -0.15) is 0 Å². The average Bonchev–Trinajstić information content (AvgIpc) is 2.90. The Bertz CT molecular complexity index is 464. The van der Waals surface area contributed by atoms with Gasteiger partial charge in [0.25, 0.3) is 0 Å². The third kappa shape index (κ3) is 2.03. The first-order valence-electron chi connectivity index (χ1n) is 6.90. The highest BCUT2D eigenvalue weighted by Gasteiger charge is 2.30. The quantitative estimate of drug-likeness (QED) is 0.819. The monoisotopic (exact) mass is 244 g/mol. The summed E-state index contributed by atoms with van der Waals surface area (Å²) in [4.78, 5) is 14.5. The number of nitrogens with zero attached hydrogens (tertiary/aromatic N) is 1. The molecule has 1 fully saturated rings. The van der Waals surface area contributed by atoms with E-state index < -0.39 is 0 Å². The van der Waals surface area contributed by atoms with Gasteiger partial charge in [-0.3, -0.25) is 4.79 Å². The van der Waals surface area contributed by atoms with Gasteiger partial charge in [-0.1, -0.05) is 17.7 Å². The van der Waals surface area contributed by atoms with Crippen LogP contribution in [-0.2, 0) is 11.2 Å². The lowest BCUT2D eigenvalue weighted by Crippen LogP contribution is -2.45. The van der Waals surface area contributed by atoms with Crippen LogP contribution in [0.3, 0.4) is 0 Å². The molecule has 1 aromatic carbocycles. The molecule has 3 rings (SSSR count). The normalized spacial score (nSPS) is 22.9. The Balaban J connectivity index is 1.88. The number of rotatable bonds is 1. The molecule has 0 bridgehead atoms. The minimum atomic E-state index is 0.0391. The fourth-order valence-electron chi connectivity index (χ4n) is 3.04. The summed E-state index contributed by atoms with van der Waals surface area (Å²) < 4.78 is 0. The number of nitrogens with one attached hydrogen (secondary N) is 1. The van der Waals surface area contributed by atoms with Crippen LogP contribution in [-0.4, -0.2) is 25.0 Å². The molecule has 18 heavy (non-hydrogen) atoms. The highest BCUT2D eigenvalue weighted by Crippen LogP contribution is 2.29. The van der Waals surface area contributed by atoms with Crippen LogP contribution in [0.2, 0.25) is 0 Å². The highest BCUT2D eigenvalue weighted by atomic mass is 16.2. The lowest BCUT2D eigenvalue weighted by Gasteiger charge is -2.31. The van der Waals surface area contributed by atoms with E-state index in [-0.39, 0.29) is 11.9 Å². The molecule has 1 amide bonds. The smallest absolute Gasteiger partial charge is 0.244 e. The van der Waals surface area contributed by atoms with Crippen molar-refractivity contribution in [3.05, 3.63) is 29.3 Å². The van der Waals surface area contributed by atoms with E-state index in [0.29, 0.717) is 0 Å². The predicted octanol–water partition coefficient (Wildman–Crippen LogP) is 2.03. The van der Waals surface area contributed by atoms with Gasteiger partial charge >= 0.3 is 0 Å². The second-order valence-corrected chi connectivity index (χ2v) is 5.37. The predicted molar refractivity (Wildman–Crippen MR) is 72.9 cm³/mol. The lowest BCUT2D eigenvalue weighted by atomic mass is 9.98. The molecule has 0 aromatic heterocycles. The van der Waals surface area contributed by atoms with Crippen LogP contribution in [0, 0.1) is 6.92 Å². The molecule has 2 aliphatic rings. The van der Waals surface area contributed by atoms with E-state index in [0.717, 1.165) is 44.5 Å². The standard InChI is InChI=1S/C15H20N2O/c1-11-6-7-14-12(10-11)4-3-9-17(14)15(18)13-5-2-8-16-13/h6-7,10,13,16H,2-5,8-9H2,1H3/t13-/m1/s1. The van der Waals surface area contributed by atoms with Crippen molar-refractivity contribution in [3.63, 3.8) is 0 Å². The van der Waals surface area contributed by atoms with Crippen LogP contribution >= 0.6 is 0 Å². The molecular formula is C15H20N2O. The fraction of sp³-hybridized carbons (Fsp3) is 0.533. The molecule has 1 N–H and O–H groups in total. The molecule has 0 radical (unpaired) electrons. The van der Waals surface area contributed by atoms with Crippen molar-refractivity contribution in [2.75, 3.05) is 18.0 Å². The van der Waals surface area contributed by atoms with Gasteiger partial charge in [0, 0.05) is 12.2 Å². The number of hydrogen-bond acceptors (Lipinski definition) is 2. The van der Waals surface area contributed by atoms with Gasteiger partial charge in [0.2, 0.25) is 5.91 Å². The van der Waals surface area contributed by atoms with Crippen LogP contribution in [0.25, 0.3) is 0 Å². The summed E-state index contributed by atoms with van der Waals surface area (Å²) >= 11 is 0. The summed E-state index contributed by atoms with van der Waals surface area (Å²) in [6.45, 7) is 3.96. The van der Waals surface area contributed by atoms with Gasteiger partial charge in [0.15, 0.2) is 0 Å². The number of carbonyl (C=O) groups is 1. The number of aryl methyl sites for hydroxylation is 2. The Morgan fingerprint density at radius 3 is 3.06 bits per heavy atom. The third-order valence-corrected chi connectivity index (χ3v) is 3.98. The first kappa shape index (κ1) is 11.7. The number of benzene rings is 1. The largest absolute Gasteiger partial charge is 0.311 e. The van der Waals surface area contributed by atoms with Crippen LogP contribution < -0.4 is 10.2 Å². The zero-order valence-electron chi connectivity index (χ0n) is 10.9. The van der Waals surface area contributed by atoms with Crippen molar-refractivity contribution < 1.29 is 4.79 Å². The van der Waals surface area contributed by atoms with E-state index in [4.69, 9.17) is 0 Å². The maximum Gasteiger partial charge on any atom is 0.244 e. The molecule has 0 unspecified atom stereocenters. The first-order chi connectivity index (χ1) is 8.75. The molecule has 3 heteroatoms. The number of amides is 1.